The third-order valence-corrected chi connectivity index (χ3v) is 4.02. The number of rotatable bonds is 7. The molecule has 2 N–H and O–H groups in total. The van der Waals surface area contributed by atoms with Crippen molar-refractivity contribution in [1.82, 2.24) is 10.1 Å². The van der Waals surface area contributed by atoms with Crippen LogP contribution in [-0.4, -0.2) is 16.7 Å². The maximum Gasteiger partial charge on any atom is 0.226 e. The van der Waals surface area contributed by atoms with E-state index in [2.05, 4.69) is 48.3 Å². The van der Waals surface area contributed by atoms with Crippen LogP contribution >= 0.6 is 0 Å². The fourth-order valence-corrected chi connectivity index (χ4v) is 2.66. The van der Waals surface area contributed by atoms with Crippen molar-refractivity contribution in [2.75, 3.05) is 6.54 Å². The van der Waals surface area contributed by atoms with E-state index in [1.165, 1.54) is 5.56 Å². The van der Waals surface area contributed by atoms with Crippen molar-refractivity contribution in [3.63, 3.8) is 0 Å². The molecule has 0 bridgehead atoms. The molecule has 108 valence electrons. The molecule has 2 rings (SSSR count). The summed E-state index contributed by atoms with van der Waals surface area (Å²) in [6.07, 6.45) is 3.52. The van der Waals surface area contributed by atoms with Crippen molar-refractivity contribution in [2.24, 2.45) is 5.73 Å². The van der Waals surface area contributed by atoms with Gasteiger partial charge in [0, 0.05) is 6.42 Å². The van der Waals surface area contributed by atoms with Gasteiger partial charge in [-0.3, -0.25) is 0 Å². The Morgan fingerprint density at radius 3 is 2.45 bits per heavy atom. The monoisotopic (exact) mass is 273 g/mol. The van der Waals surface area contributed by atoms with Crippen LogP contribution in [0.25, 0.3) is 0 Å². The lowest BCUT2D eigenvalue weighted by molar-refractivity contribution is 0.352. The van der Waals surface area contributed by atoms with Crippen LogP contribution in [0.15, 0.2) is 34.9 Å². The molecule has 1 aromatic carbocycles. The Hall–Kier alpha value is -1.68. The third-order valence-electron chi connectivity index (χ3n) is 4.02. The molecule has 2 aromatic rings. The highest BCUT2D eigenvalue weighted by Crippen LogP contribution is 2.36. The van der Waals surface area contributed by atoms with E-state index >= 15 is 0 Å². The van der Waals surface area contributed by atoms with Gasteiger partial charge in [0.2, 0.25) is 5.89 Å². The van der Waals surface area contributed by atoms with Crippen molar-refractivity contribution >= 4 is 0 Å². The minimum Gasteiger partial charge on any atom is -0.339 e. The first kappa shape index (κ1) is 14.7. The average molecular weight is 273 g/mol. The Bertz CT molecular complexity index is 518. The SMILES string of the molecule is CCC(CC)(c1ccccc1)c1noc(CCCN)n1. The van der Waals surface area contributed by atoms with Gasteiger partial charge in [-0.15, -0.1) is 0 Å². The van der Waals surface area contributed by atoms with Gasteiger partial charge in [0.05, 0.1) is 5.41 Å². The number of aromatic nitrogens is 2. The largest absolute Gasteiger partial charge is 0.339 e. The molecule has 0 saturated carbocycles. The zero-order valence-electron chi connectivity index (χ0n) is 12.3. The number of hydrogen-bond donors (Lipinski definition) is 1. The molecule has 0 amide bonds. The third kappa shape index (κ3) is 2.75. The highest BCUT2D eigenvalue weighted by molar-refractivity contribution is 5.32. The van der Waals surface area contributed by atoms with Crippen LogP contribution in [0.4, 0.5) is 0 Å². The summed E-state index contributed by atoms with van der Waals surface area (Å²) in [5, 5.41) is 4.23. The van der Waals surface area contributed by atoms with Gasteiger partial charge in [0.15, 0.2) is 5.82 Å². The highest BCUT2D eigenvalue weighted by atomic mass is 16.5. The standard InChI is InChI=1S/C16H23N3O/c1-3-16(4-2,13-9-6-5-7-10-13)15-18-14(20-19-15)11-8-12-17/h5-7,9-10H,3-4,8,11-12,17H2,1-2H3. The number of benzene rings is 1. The molecule has 0 aliphatic heterocycles. The topological polar surface area (TPSA) is 64.9 Å². The maximum atomic E-state index is 5.52. The summed E-state index contributed by atoms with van der Waals surface area (Å²) in [7, 11) is 0. The zero-order chi connectivity index (χ0) is 14.4. The van der Waals surface area contributed by atoms with Crippen LogP contribution < -0.4 is 5.73 Å². The number of nitrogens with zero attached hydrogens (tertiary/aromatic N) is 2. The van der Waals surface area contributed by atoms with E-state index in [0.29, 0.717) is 12.4 Å². The highest BCUT2D eigenvalue weighted by Gasteiger charge is 2.35. The summed E-state index contributed by atoms with van der Waals surface area (Å²) < 4.78 is 5.38. The van der Waals surface area contributed by atoms with Crippen molar-refractivity contribution < 1.29 is 4.52 Å². The quantitative estimate of drug-likeness (QED) is 0.842. The predicted octanol–water partition coefficient (Wildman–Crippen LogP) is 3.07. The fourth-order valence-electron chi connectivity index (χ4n) is 2.66. The average Bonchev–Trinajstić information content (AvgIpc) is 2.97. The Balaban J connectivity index is 2.35. The molecular formula is C16H23N3O. The Morgan fingerprint density at radius 2 is 1.85 bits per heavy atom. The molecule has 0 saturated heterocycles. The van der Waals surface area contributed by atoms with E-state index in [1.54, 1.807) is 0 Å². The first-order valence-electron chi connectivity index (χ1n) is 7.35. The van der Waals surface area contributed by atoms with Crippen molar-refractivity contribution in [3.8, 4) is 0 Å². The van der Waals surface area contributed by atoms with Gasteiger partial charge in [-0.05, 0) is 31.4 Å². The van der Waals surface area contributed by atoms with Crippen LogP contribution in [0.2, 0.25) is 0 Å². The summed E-state index contributed by atoms with van der Waals surface area (Å²) in [6.45, 7) is 4.99. The molecule has 0 aliphatic rings. The minimum absolute atomic E-state index is 0.161. The van der Waals surface area contributed by atoms with Crippen molar-refractivity contribution in [2.45, 2.75) is 44.9 Å². The van der Waals surface area contributed by atoms with Crippen LogP contribution in [0, 0.1) is 0 Å². The molecule has 4 heteroatoms. The molecule has 4 nitrogen and oxygen atoms in total. The van der Waals surface area contributed by atoms with Gasteiger partial charge in [-0.25, -0.2) is 0 Å². The molecule has 1 heterocycles. The molecule has 20 heavy (non-hydrogen) atoms. The molecular weight excluding hydrogens is 250 g/mol. The van der Waals surface area contributed by atoms with E-state index in [1.807, 2.05) is 6.07 Å². The van der Waals surface area contributed by atoms with Gasteiger partial charge in [0.25, 0.3) is 0 Å². The maximum absolute atomic E-state index is 5.52. The summed E-state index contributed by atoms with van der Waals surface area (Å²) in [5.41, 5.74) is 6.61. The molecule has 0 fully saturated rings. The van der Waals surface area contributed by atoms with Crippen molar-refractivity contribution in [3.05, 3.63) is 47.6 Å². The second-order valence-electron chi connectivity index (χ2n) is 5.06. The number of aryl methyl sites for hydroxylation is 1. The predicted molar refractivity (Wildman–Crippen MR) is 79.5 cm³/mol. The van der Waals surface area contributed by atoms with Gasteiger partial charge in [-0.1, -0.05) is 49.3 Å². The van der Waals surface area contributed by atoms with Gasteiger partial charge >= 0.3 is 0 Å². The van der Waals surface area contributed by atoms with Crippen LogP contribution in [0.5, 0.6) is 0 Å². The van der Waals surface area contributed by atoms with Crippen LogP contribution in [-0.2, 0) is 11.8 Å². The molecule has 0 radical (unpaired) electrons. The summed E-state index contributed by atoms with van der Waals surface area (Å²) >= 11 is 0. The zero-order valence-corrected chi connectivity index (χ0v) is 12.3. The Kier molecular flexibility index (Phi) is 4.90. The van der Waals surface area contributed by atoms with E-state index < -0.39 is 0 Å². The normalized spacial score (nSPS) is 11.8. The van der Waals surface area contributed by atoms with Gasteiger partial charge in [0.1, 0.15) is 0 Å². The van der Waals surface area contributed by atoms with Crippen LogP contribution in [0.3, 0.4) is 0 Å². The molecule has 0 spiro atoms. The lowest BCUT2D eigenvalue weighted by Gasteiger charge is -2.28. The number of nitrogens with two attached hydrogens (primary N) is 1. The Morgan fingerprint density at radius 1 is 1.15 bits per heavy atom. The smallest absolute Gasteiger partial charge is 0.226 e. The fraction of sp³-hybridized carbons (Fsp3) is 0.500. The van der Waals surface area contributed by atoms with E-state index in [4.69, 9.17) is 10.3 Å². The van der Waals surface area contributed by atoms with Crippen molar-refractivity contribution in [1.29, 1.82) is 0 Å². The lowest BCUT2D eigenvalue weighted by Crippen LogP contribution is -2.27. The summed E-state index contributed by atoms with van der Waals surface area (Å²) in [4.78, 5) is 4.60. The molecule has 1 aromatic heterocycles. The summed E-state index contributed by atoms with van der Waals surface area (Å²) in [5.74, 6) is 1.48. The number of hydrogen-bond acceptors (Lipinski definition) is 4. The van der Waals surface area contributed by atoms with E-state index in [0.717, 1.165) is 31.5 Å². The van der Waals surface area contributed by atoms with E-state index in [9.17, 15) is 0 Å². The molecule has 0 atom stereocenters. The lowest BCUT2D eigenvalue weighted by atomic mass is 9.75. The van der Waals surface area contributed by atoms with Gasteiger partial charge in [-0.2, -0.15) is 4.98 Å². The summed E-state index contributed by atoms with van der Waals surface area (Å²) in [6, 6.07) is 10.4. The molecule has 0 unspecified atom stereocenters. The molecule has 0 aliphatic carbocycles. The van der Waals surface area contributed by atoms with Gasteiger partial charge < -0.3 is 10.3 Å². The Labute approximate surface area is 120 Å². The second kappa shape index (κ2) is 6.66. The van der Waals surface area contributed by atoms with E-state index in [-0.39, 0.29) is 5.41 Å². The first-order chi connectivity index (χ1) is 9.76. The van der Waals surface area contributed by atoms with Crippen LogP contribution in [0.1, 0.15) is 50.4 Å². The minimum atomic E-state index is -0.161. The second-order valence-corrected chi connectivity index (χ2v) is 5.06. The first-order valence-corrected chi connectivity index (χ1v) is 7.35.